The van der Waals surface area contributed by atoms with Gasteiger partial charge in [0.05, 0.1) is 5.69 Å². The third kappa shape index (κ3) is 4.16. The van der Waals surface area contributed by atoms with Crippen LogP contribution in [0.25, 0.3) is 6.08 Å². The minimum absolute atomic E-state index is 0.00235. The zero-order valence-corrected chi connectivity index (χ0v) is 16.1. The molecule has 2 aromatic rings. The van der Waals surface area contributed by atoms with Gasteiger partial charge >= 0.3 is 0 Å². The molecule has 2 amide bonds. The van der Waals surface area contributed by atoms with Gasteiger partial charge in [-0.1, -0.05) is 43.2 Å². The van der Waals surface area contributed by atoms with Gasteiger partial charge < -0.3 is 9.64 Å². The fourth-order valence-electron chi connectivity index (χ4n) is 3.71. The number of halogens is 1. The fourth-order valence-corrected chi connectivity index (χ4v) is 3.71. The smallest absolute Gasteiger partial charge is 0.294 e. The van der Waals surface area contributed by atoms with E-state index in [2.05, 4.69) is 0 Å². The summed E-state index contributed by atoms with van der Waals surface area (Å²) in [5.41, 5.74) is 0.806. The lowest BCUT2D eigenvalue weighted by Crippen LogP contribution is -2.46. The zero-order valence-electron chi connectivity index (χ0n) is 16.1. The Labute approximate surface area is 169 Å². The van der Waals surface area contributed by atoms with E-state index in [-0.39, 0.29) is 23.8 Å². The number of fused-ring (bicyclic) bond motifs is 1. The highest BCUT2D eigenvalue weighted by Crippen LogP contribution is 2.35. The number of benzene rings is 2. The van der Waals surface area contributed by atoms with Gasteiger partial charge in [-0.25, -0.2) is 4.39 Å². The number of nitrogens with zero attached hydrogens (tertiary/aromatic N) is 2. The first-order valence-electron chi connectivity index (χ1n) is 9.96. The first-order chi connectivity index (χ1) is 14.1. The van der Waals surface area contributed by atoms with Crippen LogP contribution >= 0.6 is 0 Å². The first-order valence-corrected chi connectivity index (χ1v) is 9.96. The largest absolute Gasteiger partial charge is 0.449 e. The van der Waals surface area contributed by atoms with Crippen molar-refractivity contribution in [3.8, 4) is 5.75 Å². The van der Waals surface area contributed by atoms with E-state index in [9.17, 15) is 14.0 Å². The molecule has 4 rings (SSSR count). The van der Waals surface area contributed by atoms with Crippen LogP contribution in [-0.2, 0) is 9.59 Å². The van der Waals surface area contributed by atoms with E-state index in [1.165, 1.54) is 17.0 Å². The van der Waals surface area contributed by atoms with Gasteiger partial charge in [0.1, 0.15) is 12.4 Å². The molecule has 0 N–H and O–H groups in total. The Kier molecular flexibility index (Phi) is 5.60. The van der Waals surface area contributed by atoms with Crippen LogP contribution in [0.5, 0.6) is 5.75 Å². The van der Waals surface area contributed by atoms with Crippen molar-refractivity contribution in [2.45, 2.75) is 25.7 Å². The zero-order chi connectivity index (χ0) is 20.2. The molecule has 0 saturated carbocycles. The second-order valence-corrected chi connectivity index (χ2v) is 7.29. The third-order valence-corrected chi connectivity index (χ3v) is 5.28. The lowest BCUT2D eigenvalue weighted by Gasteiger charge is -2.32. The monoisotopic (exact) mass is 394 g/mol. The molecule has 2 aromatic carbocycles. The van der Waals surface area contributed by atoms with Gasteiger partial charge in [0.25, 0.3) is 5.91 Å². The number of hydrogen-bond acceptors (Lipinski definition) is 3. The van der Waals surface area contributed by atoms with E-state index in [0.29, 0.717) is 11.4 Å². The van der Waals surface area contributed by atoms with Gasteiger partial charge in [0.2, 0.25) is 5.91 Å². The summed E-state index contributed by atoms with van der Waals surface area (Å²) in [5, 5.41) is 0. The molecule has 2 aliphatic heterocycles. The van der Waals surface area contributed by atoms with Crippen LogP contribution in [0.2, 0.25) is 0 Å². The van der Waals surface area contributed by atoms with Crippen molar-refractivity contribution in [3.63, 3.8) is 0 Å². The molecule has 0 unspecified atom stereocenters. The molecule has 0 aromatic heterocycles. The Morgan fingerprint density at radius 2 is 1.69 bits per heavy atom. The molecule has 0 atom stereocenters. The van der Waals surface area contributed by atoms with E-state index in [0.717, 1.165) is 38.8 Å². The molecule has 150 valence electrons. The number of carbonyl (C=O) groups excluding carboxylic acids is 2. The minimum atomic E-state index is -0.449. The van der Waals surface area contributed by atoms with E-state index >= 15 is 0 Å². The van der Waals surface area contributed by atoms with Crippen molar-refractivity contribution in [1.29, 1.82) is 0 Å². The summed E-state index contributed by atoms with van der Waals surface area (Å²) in [6.45, 7) is 1.38. The Balaban J connectivity index is 1.64. The summed E-state index contributed by atoms with van der Waals surface area (Å²) in [6.07, 6.45) is 5.60. The summed E-state index contributed by atoms with van der Waals surface area (Å²) in [4.78, 5) is 29.3. The maximum atomic E-state index is 14.1. The molecule has 0 bridgehead atoms. The summed E-state index contributed by atoms with van der Waals surface area (Å²) in [7, 11) is 0. The number of anilines is 1. The first kappa shape index (κ1) is 19.2. The van der Waals surface area contributed by atoms with Gasteiger partial charge in [0.15, 0.2) is 11.5 Å². The Morgan fingerprint density at radius 3 is 2.45 bits per heavy atom. The average Bonchev–Trinajstić information content (AvgIpc) is 3.02. The van der Waals surface area contributed by atoms with Crippen molar-refractivity contribution in [1.82, 2.24) is 4.90 Å². The number of likely N-dealkylation sites (tertiary alicyclic amines) is 1. The van der Waals surface area contributed by atoms with Crippen LogP contribution in [0.4, 0.5) is 10.1 Å². The lowest BCUT2D eigenvalue weighted by molar-refractivity contribution is -0.131. The maximum absolute atomic E-state index is 14.1. The molecule has 6 heteroatoms. The SMILES string of the molecule is O=C(CN1C(=O)C(=Cc2ccccc2F)Oc2ccccc21)N1CCCCCC1. The summed E-state index contributed by atoms with van der Waals surface area (Å²) in [5.74, 6) is -0.504. The van der Waals surface area contributed by atoms with Crippen LogP contribution in [0.3, 0.4) is 0 Å². The number of rotatable bonds is 3. The predicted octanol–water partition coefficient (Wildman–Crippen LogP) is 3.99. The van der Waals surface area contributed by atoms with E-state index < -0.39 is 11.7 Å². The molecule has 0 aliphatic carbocycles. The molecule has 1 fully saturated rings. The minimum Gasteiger partial charge on any atom is -0.449 e. The second kappa shape index (κ2) is 8.47. The molecule has 1 saturated heterocycles. The van der Waals surface area contributed by atoms with Crippen molar-refractivity contribution in [2.75, 3.05) is 24.5 Å². The predicted molar refractivity (Wildman–Crippen MR) is 109 cm³/mol. The molecule has 5 nitrogen and oxygen atoms in total. The van der Waals surface area contributed by atoms with E-state index in [4.69, 9.17) is 4.74 Å². The quantitative estimate of drug-likeness (QED) is 0.740. The maximum Gasteiger partial charge on any atom is 0.294 e. The van der Waals surface area contributed by atoms with Gasteiger partial charge in [-0.05, 0) is 37.1 Å². The average molecular weight is 394 g/mol. The Hall–Kier alpha value is -3.15. The van der Waals surface area contributed by atoms with Crippen LogP contribution in [-0.4, -0.2) is 36.3 Å². The van der Waals surface area contributed by atoms with Gasteiger partial charge in [-0.15, -0.1) is 0 Å². The molecule has 0 radical (unpaired) electrons. The van der Waals surface area contributed by atoms with Crippen molar-refractivity contribution in [2.24, 2.45) is 0 Å². The number of carbonyl (C=O) groups is 2. The summed E-state index contributed by atoms with van der Waals surface area (Å²) in [6, 6.07) is 13.3. The van der Waals surface area contributed by atoms with Crippen LogP contribution < -0.4 is 9.64 Å². The molecular formula is C23H23FN2O3. The van der Waals surface area contributed by atoms with Crippen LogP contribution in [0, 0.1) is 5.82 Å². The van der Waals surface area contributed by atoms with E-state index in [1.807, 2.05) is 4.90 Å². The molecule has 2 heterocycles. The number of amides is 2. The third-order valence-electron chi connectivity index (χ3n) is 5.28. The van der Waals surface area contributed by atoms with Crippen LogP contribution in [0.15, 0.2) is 54.3 Å². The molecule has 2 aliphatic rings. The van der Waals surface area contributed by atoms with Gasteiger partial charge in [0, 0.05) is 18.7 Å². The van der Waals surface area contributed by atoms with E-state index in [1.54, 1.807) is 42.5 Å². The summed E-state index contributed by atoms with van der Waals surface area (Å²) < 4.78 is 19.8. The highest BCUT2D eigenvalue weighted by molar-refractivity contribution is 6.12. The summed E-state index contributed by atoms with van der Waals surface area (Å²) >= 11 is 0. The highest BCUT2D eigenvalue weighted by Gasteiger charge is 2.32. The second-order valence-electron chi connectivity index (χ2n) is 7.29. The number of hydrogen-bond donors (Lipinski definition) is 0. The highest BCUT2D eigenvalue weighted by atomic mass is 19.1. The number of para-hydroxylation sites is 2. The Bertz CT molecular complexity index is 949. The van der Waals surface area contributed by atoms with Crippen LogP contribution in [0.1, 0.15) is 31.2 Å². The molecular weight excluding hydrogens is 371 g/mol. The van der Waals surface area contributed by atoms with Crippen molar-refractivity contribution < 1.29 is 18.7 Å². The normalized spacial score (nSPS) is 18.2. The Morgan fingerprint density at radius 1 is 1.00 bits per heavy atom. The van der Waals surface area contributed by atoms with Crippen molar-refractivity contribution >= 4 is 23.6 Å². The molecule has 29 heavy (non-hydrogen) atoms. The lowest BCUT2D eigenvalue weighted by atomic mass is 10.1. The fraction of sp³-hybridized carbons (Fsp3) is 0.304. The number of ether oxygens (including phenoxy) is 1. The van der Waals surface area contributed by atoms with Gasteiger partial charge in [-0.3, -0.25) is 14.5 Å². The topological polar surface area (TPSA) is 49.9 Å². The van der Waals surface area contributed by atoms with Crippen molar-refractivity contribution in [3.05, 3.63) is 65.7 Å². The van der Waals surface area contributed by atoms with Gasteiger partial charge in [-0.2, -0.15) is 0 Å². The standard InChI is InChI=1S/C23H23FN2O3/c24-18-10-4-3-9-17(18)15-21-23(28)26(19-11-5-6-12-20(19)29-21)16-22(27)25-13-7-1-2-8-14-25/h3-6,9-12,15H,1-2,7-8,13-14,16H2. The molecule has 0 spiro atoms.